The van der Waals surface area contributed by atoms with E-state index in [4.69, 9.17) is 10.3 Å². The summed E-state index contributed by atoms with van der Waals surface area (Å²) in [7, 11) is 1.79. The van der Waals surface area contributed by atoms with Gasteiger partial charge < -0.3 is 15.2 Å². The molecule has 2 aromatic rings. The molecule has 0 unspecified atom stereocenters. The van der Waals surface area contributed by atoms with Gasteiger partial charge in [-0.15, -0.1) is 0 Å². The SMILES string of the molecule is CN1C(=O)C(C)(C)c2cc(-c3noc(CN)n3)ccc21. The molecule has 0 aliphatic carbocycles. The summed E-state index contributed by atoms with van der Waals surface area (Å²) in [6, 6.07) is 5.74. The molecule has 1 aliphatic rings. The van der Waals surface area contributed by atoms with Crippen LogP contribution in [-0.2, 0) is 16.8 Å². The number of nitrogens with two attached hydrogens (primary N) is 1. The molecule has 1 aromatic heterocycles. The molecule has 1 aliphatic heterocycles. The van der Waals surface area contributed by atoms with Crippen molar-refractivity contribution in [3.05, 3.63) is 29.7 Å². The summed E-state index contributed by atoms with van der Waals surface area (Å²) in [6.45, 7) is 4.05. The molecule has 0 spiro atoms. The molecule has 3 rings (SSSR count). The van der Waals surface area contributed by atoms with Gasteiger partial charge in [0.15, 0.2) is 0 Å². The molecule has 104 valence electrons. The Balaban J connectivity index is 2.11. The van der Waals surface area contributed by atoms with E-state index in [1.54, 1.807) is 11.9 Å². The predicted octanol–water partition coefficient (Wildman–Crippen LogP) is 1.45. The lowest BCUT2D eigenvalue weighted by Crippen LogP contribution is -2.33. The van der Waals surface area contributed by atoms with Crippen molar-refractivity contribution >= 4 is 11.6 Å². The van der Waals surface area contributed by atoms with Crippen LogP contribution in [0.5, 0.6) is 0 Å². The molecule has 6 heteroatoms. The first-order chi connectivity index (χ1) is 9.45. The zero-order valence-corrected chi connectivity index (χ0v) is 11.7. The van der Waals surface area contributed by atoms with Gasteiger partial charge in [-0.25, -0.2) is 0 Å². The Morgan fingerprint density at radius 3 is 2.80 bits per heavy atom. The summed E-state index contributed by atoms with van der Waals surface area (Å²) >= 11 is 0. The average Bonchev–Trinajstić information content (AvgIpc) is 2.99. The highest BCUT2D eigenvalue weighted by Crippen LogP contribution is 2.42. The first kappa shape index (κ1) is 12.8. The van der Waals surface area contributed by atoms with E-state index in [2.05, 4.69) is 10.1 Å². The molecule has 2 N–H and O–H groups in total. The number of amides is 1. The van der Waals surface area contributed by atoms with Gasteiger partial charge in [-0.1, -0.05) is 5.16 Å². The zero-order valence-electron chi connectivity index (χ0n) is 11.7. The molecule has 0 radical (unpaired) electrons. The quantitative estimate of drug-likeness (QED) is 0.894. The van der Waals surface area contributed by atoms with E-state index in [0.29, 0.717) is 11.7 Å². The minimum absolute atomic E-state index is 0.0837. The van der Waals surface area contributed by atoms with Crippen LogP contribution in [-0.4, -0.2) is 23.1 Å². The standard InChI is InChI=1S/C14H16N4O2/c1-14(2)9-6-8(12-16-11(7-15)20-17-12)4-5-10(9)18(3)13(14)19/h4-6H,7,15H2,1-3H3. The lowest BCUT2D eigenvalue weighted by molar-refractivity contribution is -0.121. The minimum atomic E-state index is -0.541. The fraction of sp³-hybridized carbons (Fsp3) is 0.357. The maximum Gasteiger partial charge on any atom is 0.240 e. The third-order valence-electron chi connectivity index (χ3n) is 3.77. The van der Waals surface area contributed by atoms with E-state index in [1.165, 1.54) is 0 Å². The second kappa shape index (κ2) is 4.14. The average molecular weight is 272 g/mol. The summed E-state index contributed by atoms with van der Waals surface area (Å²) < 4.78 is 5.02. The molecule has 0 atom stereocenters. The van der Waals surface area contributed by atoms with Crippen molar-refractivity contribution in [2.75, 3.05) is 11.9 Å². The third-order valence-corrected chi connectivity index (χ3v) is 3.77. The van der Waals surface area contributed by atoms with Crippen LogP contribution in [0.1, 0.15) is 25.3 Å². The Kier molecular flexibility index (Phi) is 2.65. The highest BCUT2D eigenvalue weighted by Gasteiger charge is 2.42. The number of carbonyl (C=O) groups is 1. The number of likely N-dealkylation sites (N-methyl/N-ethyl adjacent to an activating group) is 1. The minimum Gasteiger partial charge on any atom is -0.338 e. The maximum atomic E-state index is 12.2. The number of nitrogens with zero attached hydrogens (tertiary/aromatic N) is 3. The lowest BCUT2D eigenvalue weighted by atomic mass is 9.85. The summed E-state index contributed by atoms with van der Waals surface area (Å²) in [5, 5.41) is 3.90. The summed E-state index contributed by atoms with van der Waals surface area (Å²) in [6.07, 6.45) is 0. The molecular formula is C14H16N4O2. The van der Waals surface area contributed by atoms with Crippen molar-refractivity contribution < 1.29 is 9.32 Å². The van der Waals surface area contributed by atoms with Gasteiger partial charge in [0, 0.05) is 18.3 Å². The van der Waals surface area contributed by atoms with Gasteiger partial charge in [-0.05, 0) is 37.6 Å². The van der Waals surface area contributed by atoms with Crippen molar-refractivity contribution in [3.63, 3.8) is 0 Å². The van der Waals surface area contributed by atoms with E-state index in [1.807, 2.05) is 32.0 Å². The van der Waals surface area contributed by atoms with Crippen LogP contribution >= 0.6 is 0 Å². The molecule has 0 fully saturated rings. The molecule has 0 bridgehead atoms. The molecule has 1 amide bonds. The van der Waals surface area contributed by atoms with Crippen molar-refractivity contribution in [2.45, 2.75) is 25.8 Å². The highest BCUT2D eigenvalue weighted by molar-refractivity contribution is 6.07. The number of carbonyl (C=O) groups excluding carboxylic acids is 1. The summed E-state index contributed by atoms with van der Waals surface area (Å²) in [4.78, 5) is 18.1. The Morgan fingerprint density at radius 2 is 2.15 bits per heavy atom. The Bertz CT molecular complexity index is 690. The van der Waals surface area contributed by atoms with Gasteiger partial charge in [-0.2, -0.15) is 4.98 Å². The number of rotatable bonds is 2. The second-order valence-corrected chi connectivity index (χ2v) is 5.44. The number of aromatic nitrogens is 2. The summed E-state index contributed by atoms with van der Waals surface area (Å²) in [5.74, 6) is 0.972. The predicted molar refractivity (Wildman–Crippen MR) is 74.1 cm³/mol. The molecular weight excluding hydrogens is 256 g/mol. The van der Waals surface area contributed by atoms with Gasteiger partial charge in [0.1, 0.15) is 0 Å². The fourth-order valence-electron chi connectivity index (χ4n) is 2.57. The molecule has 0 saturated heterocycles. The third kappa shape index (κ3) is 1.65. The lowest BCUT2D eigenvalue weighted by Gasteiger charge is -2.16. The van der Waals surface area contributed by atoms with Gasteiger partial charge in [0.05, 0.1) is 12.0 Å². The van der Waals surface area contributed by atoms with E-state index in [0.717, 1.165) is 16.8 Å². The van der Waals surface area contributed by atoms with E-state index < -0.39 is 5.41 Å². The molecule has 1 aromatic carbocycles. The number of anilines is 1. The Hall–Kier alpha value is -2.21. The van der Waals surface area contributed by atoms with Crippen molar-refractivity contribution in [1.29, 1.82) is 0 Å². The monoisotopic (exact) mass is 272 g/mol. The van der Waals surface area contributed by atoms with Crippen molar-refractivity contribution in [2.24, 2.45) is 5.73 Å². The van der Waals surface area contributed by atoms with E-state index in [-0.39, 0.29) is 12.5 Å². The molecule has 6 nitrogen and oxygen atoms in total. The van der Waals surface area contributed by atoms with Crippen LogP contribution in [0, 0.1) is 0 Å². The first-order valence-electron chi connectivity index (χ1n) is 6.41. The van der Waals surface area contributed by atoms with Gasteiger partial charge in [0.2, 0.25) is 17.6 Å². The molecule has 20 heavy (non-hydrogen) atoms. The largest absolute Gasteiger partial charge is 0.338 e. The molecule has 2 heterocycles. The second-order valence-electron chi connectivity index (χ2n) is 5.44. The van der Waals surface area contributed by atoms with Crippen molar-refractivity contribution in [1.82, 2.24) is 10.1 Å². The zero-order chi connectivity index (χ0) is 14.5. The number of hydrogen-bond donors (Lipinski definition) is 1. The van der Waals surface area contributed by atoms with Gasteiger partial charge in [-0.3, -0.25) is 4.79 Å². The van der Waals surface area contributed by atoms with Crippen LogP contribution < -0.4 is 10.6 Å². The summed E-state index contributed by atoms with van der Waals surface area (Å²) in [5.41, 5.74) is 7.64. The van der Waals surface area contributed by atoms with E-state index in [9.17, 15) is 4.79 Å². The molecule has 0 saturated carbocycles. The van der Waals surface area contributed by atoms with Crippen LogP contribution in [0.4, 0.5) is 5.69 Å². The van der Waals surface area contributed by atoms with E-state index >= 15 is 0 Å². The number of benzene rings is 1. The van der Waals surface area contributed by atoms with Gasteiger partial charge in [0.25, 0.3) is 0 Å². The van der Waals surface area contributed by atoms with Crippen molar-refractivity contribution in [3.8, 4) is 11.4 Å². The number of hydrogen-bond acceptors (Lipinski definition) is 5. The fourth-order valence-corrected chi connectivity index (χ4v) is 2.57. The maximum absolute atomic E-state index is 12.2. The van der Waals surface area contributed by atoms with Crippen LogP contribution in [0.3, 0.4) is 0 Å². The Morgan fingerprint density at radius 1 is 1.40 bits per heavy atom. The first-order valence-corrected chi connectivity index (χ1v) is 6.41. The smallest absolute Gasteiger partial charge is 0.240 e. The van der Waals surface area contributed by atoms with Gasteiger partial charge >= 0.3 is 0 Å². The topological polar surface area (TPSA) is 85.2 Å². The van der Waals surface area contributed by atoms with Crippen LogP contribution in [0.15, 0.2) is 22.7 Å². The number of fused-ring (bicyclic) bond motifs is 1. The van der Waals surface area contributed by atoms with Crippen LogP contribution in [0.25, 0.3) is 11.4 Å². The van der Waals surface area contributed by atoms with Crippen LogP contribution in [0.2, 0.25) is 0 Å². The normalized spacial score (nSPS) is 16.6. The Labute approximate surface area is 116 Å². The highest BCUT2D eigenvalue weighted by atomic mass is 16.5.